The summed E-state index contributed by atoms with van der Waals surface area (Å²) in [6.07, 6.45) is 0. The zero-order chi connectivity index (χ0) is 10.8. The monoisotopic (exact) mass is 233 g/mol. The van der Waals surface area contributed by atoms with Crippen LogP contribution in [-0.2, 0) is 9.84 Å². The van der Waals surface area contributed by atoms with Gasteiger partial charge < -0.3 is 0 Å². The third kappa shape index (κ3) is 2.22. The topological polar surface area (TPSA) is 57.9 Å². The van der Waals surface area contributed by atoms with Crippen molar-refractivity contribution in [2.75, 3.05) is 5.75 Å². The summed E-state index contributed by atoms with van der Waals surface area (Å²) in [6.45, 7) is 0. The van der Waals surface area contributed by atoms with Crippen LogP contribution in [0.1, 0.15) is 0 Å². The highest BCUT2D eigenvalue weighted by Crippen LogP contribution is 2.19. The van der Waals surface area contributed by atoms with Crippen molar-refractivity contribution in [1.82, 2.24) is 0 Å². The molecule has 0 atom stereocenters. The lowest BCUT2D eigenvalue weighted by molar-refractivity contribution is 0.598. The number of nitrogens with zero attached hydrogens (tertiary/aromatic N) is 1. The number of hydrogen-bond acceptors (Lipinski definition) is 3. The highest BCUT2D eigenvalue weighted by molar-refractivity contribution is 7.91. The standard InChI is InChI=1S/C8H5ClFNO2S/c9-7-5-6(1-2-8(7)10)14(12,13)4-3-11/h1-2,5H,4H2. The molecule has 0 radical (unpaired) electrons. The van der Waals surface area contributed by atoms with E-state index in [9.17, 15) is 12.8 Å². The molecule has 0 aliphatic carbocycles. The molecule has 74 valence electrons. The van der Waals surface area contributed by atoms with Gasteiger partial charge in [-0.1, -0.05) is 11.6 Å². The molecule has 0 spiro atoms. The molecule has 0 bridgehead atoms. The fourth-order valence-electron chi connectivity index (χ4n) is 0.839. The summed E-state index contributed by atoms with van der Waals surface area (Å²) in [4.78, 5) is -0.148. The third-order valence-corrected chi connectivity index (χ3v) is 3.28. The summed E-state index contributed by atoms with van der Waals surface area (Å²) in [6, 6.07) is 4.53. The first-order chi connectivity index (χ1) is 6.47. The van der Waals surface area contributed by atoms with Gasteiger partial charge in [0.05, 0.1) is 16.0 Å². The molecule has 1 aromatic rings. The van der Waals surface area contributed by atoms with Gasteiger partial charge in [-0.15, -0.1) is 0 Å². The van der Waals surface area contributed by atoms with Gasteiger partial charge in [-0.05, 0) is 18.2 Å². The molecule has 0 saturated heterocycles. The molecule has 3 nitrogen and oxygen atoms in total. The Bertz CT molecular complexity index is 493. The SMILES string of the molecule is N#CCS(=O)(=O)c1ccc(F)c(Cl)c1. The first kappa shape index (κ1) is 11.0. The Labute approximate surface area is 85.6 Å². The van der Waals surface area contributed by atoms with Crippen molar-refractivity contribution >= 4 is 21.4 Å². The van der Waals surface area contributed by atoms with Gasteiger partial charge in [-0.25, -0.2) is 12.8 Å². The summed E-state index contributed by atoms with van der Waals surface area (Å²) in [5, 5.41) is 7.98. The van der Waals surface area contributed by atoms with E-state index < -0.39 is 21.4 Å². The Morgan fingerprint density at radius 2 is 2.14 bits per heavy atom. The molecule has 0 aliphatic rings. The molecule has 1 rings (SSSR count). The molecule has 0 aliphatic heterocycles. The predicted octanol–water partition coefficient (Wildman–Crippen LogP) is 1.78. The molecular weight excluding hydrogens is 229 g/mol. The number of halogens is 2. The minimum Gasteiger partial charge on any atom is -0.223 e. The Hall–Kier alpha value is -1.12. The zero-order valence-corrected chi connectivity index (χ0v) is 8.44. The number of rotatable bonds is 2. The molecule has 6 heteroatoms. The molecule has 0 saturated carbocycles. The average molecular weight is 234 g/mol. The van der Waals surface area contributed by atoms with E-state index in [-0.39, 0.29) is 9.92 Å². The van der Waals surface area contributed by atoms with Crippen LogP contribution in [0.25, 0.3) is 0 Å². The summed E-state index contributed by atoms with van der Waals surface area (Å²) >= 11 is 5.40. The molecule has 0 N–H and O–H groups in total. The molecule has 0 unspecified atom stereocenters. The van der Waals surface area contributed by atoms with Crippen molar-refractivity contribution in [1.29, 1.82) is 5.26 Å². The van der Waals surface area contributed by atoms with Crippen molar-refractivity contribution in [2.45, 2.75) is 4.90 Å². The van der Waals surface area contributed by atoms with Crippen molar-refractivity contribution in [2.24, 2.45) is 0 Å². The van der Waals surface area contributed by atoms with Crippen LogP contribution in [0.5, 0.6) is 0 Å². The third-order valence-electron chi connectivity index (χ3n) is 1.50. The largest absolute Gasteiger partial charge is 0.223 e. The van der Waals surface area contributed by atoms with Crippen molar-refractivity contribution in [3.05, 3.63) is 29.0 Å². The van der Waals surface area contributed by atoms with Crippen LogP contribution in [0.2, 0.25) is 5.02 Å². The quantitative estimate of drug-likeness (QED) is 0.732. The number of benzene rings is 1. The summed E-state index contributed by atoms with van der Waals surface area (Å²) in [5.41, 5.74) is 0. The van der Waals surface area contributed by atoms with E-state index in [0.717, 1.165) is 18.2 Å². The van der Waals surface area contributed by atoms with Crippen LogP contribution >= 0.6 is 11.6 Å². The maximum atomic E-state index is 12.7. The van der Waals surface area contributed by atoms with E-state index in [1.807, 2.05) is 0 Å². The summed E-state index contributed by atoms with van der Waals surface area (Å²) in [7, 11) is -3.66. The highest BCUT2D eigenvalue weighted by atomic mass is 35.5. The molecule has 0 aromatic heterocycles. The molecule has 14 heavy (non-hydrogen) atoms. The van der Waals surface area contributed by atoms with Gasteiger partial charge in [-0.2, -0.15) is 5.26 Å². The van der Waals surface area contributed by atoms with Crippen LogP contribution in [0, 0.1) is 17.1 Å². The first-order valence-electron chi connectivity index (χ1n) is 3.52. The molecular formula is C8H5ClFNO2S. The predicted molar refractivity (Wildman–Crippen MR) is 49.1 cm³/mol. The second-order valence-corrected chi connectivity index (χ2v) is 4.89. The van der Waals surface area contributed by atoms with E-state index in [1.165, 1.54) is 6.07 Å². The molecule has 0 fully saturated rings. The highest BCUT2D eigenvalue weighted by Gasteiger charge is 2.15. The summed E-state index contributed by atoms with van der Waals surface area (Å²) < 4.78 is 35.3. The van der Waals surface area contributed by atoms with Gasteiger partial charge in [0.1, 0.15) is 11.6 Å². The lowest BCUT2D eigenvalue weighted by Gasteiger charge is -2.00. The van der Waals surface area contributed by atoms with E-state index in [2.05, 4.69) is 0 Å². The van der Waals surface area contributed by atoms with Crippen molar-refractivity contribution < 1.29 is 12.8 Å². The Morgan fingerprint density at radius 1 is 1.50 bits per heavy atom. The lowest BCUT2D eigenvalue weighted by atomic mass is 10.3. The van der Waals surface area contributed by atoms with E-state index in [0.29, 0.717) is 0 Å². The fraction of sp³-hybridized carbons (Fsp3) is 0.125. The van der Waals surface area contributed by atoms with E-state index in [4.69, 9.17) is 16.9 Å². The van der Waals surface area contributed by atoms with Crippen LogP contribution in [-0.4, -0.2) is 14.2 Å². The van der Waals surface area contributed by atoms with Gasteiger partial charge >= 0.3 is 0 Å². The van der Waals surface area contributed by atoms with Crippen LogP contribution < -0.4 is 0 Å². The minimum atomic E-state index is -3.66. The Morgan fingerprint density at radius 3 is 2.64 bits per heavy atom. The Kier molecular flexibility index (Phi) is 3.09. The van der Waals surface area contributed by atoms with Gasteiger partial charge in [0, 0.05) is 0 Å². The lowest BCUT2D eigenvalue weighted by Crippen LogP contribution is -2.04. The fourth-order valence-corrected chi connectivity index (χ4v) is 1.99. The van der Waals surface area contributed by atoms with Crippen LogP contribution in [0.4, 0.5) is 4.39 Å². The van der Waals surface area contributed by atoms with E-state index in [1.54, 1.807) is 0 Å². The second kappa shape index (κ2) is 3.95. The van der Waals surface area contributed by atoms with Gasteiger partial charge in [0.25, 0.3) is 0 Å². The van der Waals surface area contributed by atoms with Gasteiger partial charge in [0.15, 0.2) is 9.84 Å². The van der Waals surface area contributed by atoms with Crippen LogP contribution in [0.15, 0.2) is 23.1 Å². The van der Waals surface area contributed by atoms with Gasteiger partial charge in [-0.3, -0.25) is 0 Å². The smallest absolute Gasteiger partial charge is 0.191 e. The number of hydrogen-bond donors (Lipinski definition) is 0. The maximum absolute atomic E-state index is 12.7. The molecule has 0 heterocycles. The maximum Gasteiger partial charge on any atom is 0.191 e. The van der Waals surface area contributed by atoms with E-state index >= 15 is 0 Å². The van der Waals surface area contributed by atoms with Crippen LogP contribution in [0.3, 0.4) is 0 Å². The first-order valence-corrected chi connectivity index (χ1v) is 5.55. The molecule has 0 amide bonds. The molecule has 1 aromatic carbocycles. The number of sulfone groups is 1. The number of nitriles is 1. The van der Waals surface area contributed by atoms with Crippen molar-refractivity contribution in [3.63, 3.8) is 0 Å². The second-order valence-electron chi connectivity index (χ2n) is 2.49. The van der Waals surface area contributed by atoms with Gasteiger partial charge in [0.2, 0.25) is 0 Å². The zero-order valence-electron chi connectivity index (χ0n) is 6.87. The average Bonchev–Trinajstić information content (AvgIpc) is 2.09. The summed E-state index contributed by atoms with van der Waals surface area (Å²) in [5.74, 6) is -1.34. The normalized spacial score (nSPS) is 10.9. The van der Waals surface area contributed by atoms with Crippen molar-refractivity contribution in [3.8, 4) is 6.07 Å². The minimum absolute atomic E-state index is 0.148. The Balaban J connectivity index is 3.23.